The molecule has 1 aromatic carbocycles. The lowest BCUT2D eigenvalue weighted by Crippen LogP contribution is -2.38. The summed E-state index contributed by atoms with van der Waals surface area (Å²) < 4.78 is 43.8. The monoisotopic (exact) mass is 475 g/mol. The Hall–Kier alpha value is -2.19. The summed E-state index contributed by atoms with van der Waals surface area (Å²) >= 11 is 12.0. The van der Waals surface area contributed by atoms with Crippen molar-refractivity contribution in [2.45, 2.75) is 37.9 Å². The van der Waals surface area contributed by atoms with Crippen LogP contribution in [0.5, 0.6) is 5.75 Å². The lowest BCUT2D eigenvalue weighted by molar-refractivity contribution is -0.137. The molecule has 1 fully saturated rings. The molecule has 168 valence electrons. The molecule has 2 aromatic rings. The average molecular weight is 476 g/mol. The van der Waals surface area contributed by atoms with Gasteiger partial charge in [0.15, 0.2) is 5.75 Å². The Bertz CT molecular complexity index is 933. The molecule has 0 aliphatic heterocycles. The van der Waals surface area contributed by atoms with Crippen LogP contribution < -0.4 is 15.4 Å². The van der Waals surface area contributed by atoms with Crippen LogP contribution in [0, 0.1) is 5.92 Å². The van der Waals surface area contributed by atoms with Crippen LogP contribution in [0.15, 0.2) is 30.5 Å². The Morgan fingerprint density at radius 1 is 1.16 bits per heavy atom. The van der Waals surface area contributed by atoms with Crippen molar-refractivity contribution in [1.29, 1.82) is 0 Å². The van der Waals surface area contributed by atoms with Crippen molar-refractivity contribution in [3.05, 3.63) is 51.6 Å². The van der Waals surface area contributed by atoms with E-state index in [2.05, 4.69) is 15.6 Å². The first-order valence-corrected chi connectivity index (χ1v) is 10.5. The minimum atomic E-state index is -4.53. The number of hydrogen-bond donors (Lipinski definition) is 2. The van der Waals surface area contributed by atoms with E-state index in [1.807, 2.05) is 0 Å². The number of amides is 1. The van der Waals surface area contributed by atoms with Gasteiger partial charge in [-0.05, 0) is 49.8 Å². The normalized spacial score (nSPS) is 19.0. The maximum absolute atomic E-state index is 12.9. The molecule has 1 heterocycles. The lowest BCUT2D eigenvalue weighted by atomic mass is 9.86. The molecular formula is C21H22Cl2F3N3O2. The van der Waals surface area contributed by atoms with Gasteiger partial charge in [0, 0.05) is 18.7 Å². The second-order valence-corrected chi connectivity index (χ2v) is 8.28. The summed E-state index contributed by atoms with van der Waals surface area (Å²) in [5.74, 6) is 0.951. The lowest BCUT2D eigenvalue weighted by Gasteiger charge is -2.29. The number of hydrogen-bond acceptors (Lipinski definition) is 4. The topological polar surface area (TPSA) is 63.2 Å². The van der Waals surface area contributed by atoms with Crippen LogP contribution in [0.1, 0.15) is 41.6 Å². The predicted molar refractivity (Wildman–Crippen MR) is 114 cm³/mol. The first kappa shape index (κ1) is 23.5. The van der Waals surface area contributed by atoms with E-state index in [0.29, 0.717) is 29.1 Å². The van der Waals surface area contributed by atoms with Crippen molar-refractivity contribution in [2.24, 2.45) is 5.92 Å². The molecule has 1 aliphatic rings. The number of pyridine rings is 1. The van der Waals surface area contributed by atoms with Crippen molar-refractivity contribution < 1.29 is 22.7 Å². The summed E-state index contributed by atoms with van der Waals surface area (Å²) in [4.78, 5) is 16.7. The van der Waals surface area contributed by atoms with Crippen LogP contribution in [-0.4, -0.2) is 30.6 Å². The molecule has 1 saturated carbocycles. The zero-order valence-electron chi connectivity index (χ0n) is 16.7. The summed E-state index contributed by atoms with van der Waals surface area (Å²) in [5.41, 5.74) is -1.06. The van der Waals surface area contributed by atoms with Crippen LogP contribution in [0.3, 0.4) is 0 Å². The quantitative estimate of drug-likeness (QED) is 0.552. The number of nitrogens with zero attached hydrogens (tertiary/aromatic N) is 1. The van der Waals surface area contributed by atoms with Crippen molar-refractivity contribution in [1.82, 2.24) is 10.3 Å². The summed E-state index contributed by atoms with van der Waals surface area (Å²) in [6, 6.07) is 4.34. The van der Waals surface area contributed by atoms with E-state index in [9.17, 15) is 18.0 Å². The fourth-order valence-electron chi connectivity index (χ4n) is 3.56. The largest absolute Gasteiger partial charge is 0.494 e. The van der Waals surface area contributed by atoms with Gasteiger partial charge in [-0.25, -0.2) is 4.98 Å². The second kappa shape index (κ2) is 9.96. The number of carbonyl (C=O) groups excluding carboxylic acids is 1. The smallest absolute Gasteiger partial charge is 0.416 e. The van der Waals surface area contributed by atoms with E-state index < -0.39 is 17.6 Å². The number of methoxy groups -OCH3 is 1. The maximum Gasteiger partial charge on any atom is 0.416 e. The Balaban J connectivity index is 1.50. The van der Waals surface area contributed by atoms with E-state index >= 15 is 0 Å². The fourth-order valence-corrected chi connectivity index (χ4v) is 4.00. The number of halogens is 5. The number of aromatic nitrogens is 1. The van der Waals surface area contributed by atoms with Gasteiger partial charge in [-0.1, -0.05) is 23.2 Å². The number of rotatable bonds is 6. The third-order valence-electron chi connectivity index (χ3n) is 5.33. The van der Waals surface area contributed by atoms with Crippen LogP contribution >= 0.6 is 23.2 Å². The third kappa shape index (κ3) is 6.17. The Labute approximate surface area is 188 Å². The molecule has 0 unspecified atom stereocenters. The van der Waals surface area contributed by atoms with Crippen molar-refractivity contribution in [3.63, 3.8) is 0 Å². The first-order valence-electron chi connectivity index (χ1n) is 9.78. The molecule has 1 aromatic heterocycles. The molecule has 0 bridgehead atoms. The molecule has 3 rings (SSSR count). The molecule has 31 heavy (non-hydrogen) atoms. The molecule has 0 radical (unpaired) electrons. The number of alkyl halides is 3. The number of anilines is 1. The molecule has 0 saturated heterocycles. The Morgan fingerprint density at radius 3 is 2.48 bits per heavy atom. The third-order valence-corrected chi connectivity index (χ3v) is 5.96. The van der Waals surface area contributed by atoms with E-state index in [0.717, 1.165) is 43.9 Å². The van der Waals surface area contributed by atoms with E-state index in [1.54, 1.807) is 12.3 Å². The molecule has 10 heteroatoms. The van der Waals surface area contributed by atoms with Gasteiger partial charge in [0.25, 0.3) is 5.91 Å². The molecular weight excluding hydrogens is 454 g/mol. The van der Waals surface area contributed by atoms with Crippen molar-refractivity contribution in [3.8, 4) is 5.75 Å². The van der Waals surface area contributed by atoms with Gasteiger partial charge in [-0.15, -0.1) is 0 Å². The van der Waals surface area contributed by atoms with Crippen molar-refractivity contribution in [2.75, 3.05) is 19.0 Å². The molecule has 1 amide bonds. The highest BCUT2D eigenvalue weighted by atomic mass is 35.5. The van der Waals surface area contributed by atoms with Gasteiger partial charge >= 0.3 is 6.18 Å². The van der Waals surface area contributed by atoms with E-state index in [-0.39, 0.29) is 16.6 Å². The number of carbonyl (C=O) groups is 1. The second-order valence-electron chi connectivity index (χ2n) is 7.47. The summed E-state index contributed by atoms with van der Waals surface area (Å²) in [6.45, 7) is 0.704. The Kier molecular flexibility index (Phi) is 7.54. The zero-order valence-corrected chi connectivity index (χ0v) is 18.2. The first-order chi connectivity index (χ1) is 14.7. The highest BCUT2D eigenvalue weighted by molar-refractivity contribution is 6.34. The number of ether oxygens (including phenoxy) is 1. The van der Waals surface area contributed by atoms with E-state index in [1.165, 1.54) is 7.11 Å². The predicted octanol–water partition coefficient (Wildman–Crippen LogP) is 5.82. The van der Waals surface area contributed by atoms with E-state index in [4.69, 9.17) is 27.9 Å². The molecule has 1 aliphatic carbocycles. The molecule has 0 atom stereocenters. The van der Waals surface area contributed by atoms with Gasteiger partial charge in [-0.2, -0.15) is 13.2 Å². The summed E-state index contributed by atoms with van der Waals surface area (Å²) in [6.07, 6.45) is 0.191. The molecule has 2 N–H and O–H groups in total. The van der Waals surface area contributed by atoms with Crippen LogP contribution in [-0.2, 0) is 6.18 Å². The highest BCUT2D eigenvalue weighted by Crippen LogP contribution is 2.32. The minimum absolute atomic E-state index is 0.00552. The van der Waals surface area contributed by atoms with Gasteiger partial charge in [0.2, 0.25) is 0 Å². The minimum Gasteiger partial charge on any atom is -0.494 e. The number of benzene rings is 1. The summed E-state index contributed by atoms with van der Waals surface area (Å²) in [5, 5.41) is 6.53. The maximum atomic E-state index is 12.9. The van der Waals surface area contributed by atoms with Crippen LogP contribution in [0.25, 0.3) is 0 Å². The van der Waals surface area contributed by atoms with Crippen LogP contribution in [0.4, 0.5) is 19.0 Å². The molecule has 0 spiro atoms. The van der Waals surface area contributed by atoms with Crippen LogP contribution in [0.2, 0.25) is 10.0 Å². The molecule has 5 nitrogen and oxygen atoms in total. The highest BCUT2D eigenvalue weighted by Gasteiger charge is 2.32. The fraction of sp³-hybridized carbons (Fsp3) is 0.429. The van der Waals surface area contributed by atoms with Gasteiger partial charge in [0.1, 0.15) is 5.82 Å². The van der Waals surface area contributed by atoms with Crippen molar-refractivity contribution >= 4 is 34.9 Å². The zero-order chi connectivity index (χ0) is 22.6. The number of nitrogens with one attached hydrogen (secondary N) is 2. The van der Waals surface area contributed by atoms with Gasteiger partial charge in [-0.3, -0.25) is 4.79 Å². The standard InChI is InChI=1S/C21H22Cl2F3N3O2/c1-31-18-11-28-19(9-17(18)23)27-10-12-2-5-14(6-3-12)29-20(30)15-8-13(21(24,25)26)4-7-16(15)22/h4,7-9,11-12,14H,2-3,5-6,10H2,1H3,(H,27,28)(H,29,30)/t12-,14-. The van der Waals surface area contributed by atoms with Gasteiger partial charge in [0.05, 0.1) is 34.5 Å². The SMILES string of the molecule is COc1cnc(NC[C@H]2CC[C@H](NC(=O)c3cc(C(F)(F)F)ccc3Cl)CC2)cc1Cl. The summed E-state index contributed by atoms with van der Waals surface area (Å²) in [7, 11) is 1.52. The average Bonchev–Trinajstić information content (AvgIpc) is 2.72. The van der Waals surface area contributed by atoms with Gasteiger partial charge < -0.3 is 15.4 Å². The Morgan fingerprint density at radius 2 is 1.87 bits per heavy atom.